The Kier molecular flexibility index (Phi) is 6.77. The molecule has 0 bridgehead atoms. The summed E-state index contributed by atoms with van der Waals surface area (Å²) in [7, 11) is 0. The lowest BCUT2D eigenvalue weighted by atomic mass is 9.92. The largest absolute Gasteiger partial charge is 0.396 e. The van der Waals surface area contributed by atoms with Crippen LogP contribution in [0.5, 0.6) is 0 Å². The van der Waals surface area contributed by atoms with Crippen LogP contribution in [0.4, 0.5) is 14.5 Å². The van der Waals surface area contributed by atoms with Gasteiger partial charge in [0, 0.05) is 18.8 Å². The molecule has 1 aromatic carbocycles. The van der Waals surface area contributed by atoms with E-state index in [-0.39, 0.29) is 13.1 Å². The van der Waals surface area contributed by atoms with E-state index in [0.29, 0.717) is 0 Å². The first-order valence-corrected chi connectivity index (χ1v) is 6.58. The van der Waals surface area contributed by atoms with Crippen molar-refractivity contribution in [1.29, 1.82) is 0 Å². The Hall–Kier alpha value is -1.31. The Balaban J connectivity index is 0.000000612. The molecule has 0 saturated carbocycles. The number of hydrogen-bond acceptors (Lipinski definition) is 4. The first kappa shape index (κ1) is 16.7. The number of piperidine rings is 1. The molecule has 1 fully saturated rings. The molecule has 0 amide bonds. The van der Waals surface area contributed by atoms with Crippen molar-refractivity contribution in [2.24, 2.45) is 11.7 Å². The second-order valence-corrected chi connectivity index (χ2v) is 4.71. The Bertz CT molecular complexity index is 409. The minimum atomic E-state index is -2.63. The number of rotatable bonds is 2. The quantitative estimate of drug-likeness (QED) is 0.712. The molecule has 3 atom stereocenters. The van der Waals surface area contributed by atoms with Crippen LogP contribution in [0.3, 0.4) is 0 Å². The van der Waals surface area contributed by atoms with Crippen LogP contribution in [0.15, 0.2) is 30.3 Å². The fourth-order valence-electron chi connectivity index (χ4n) is 2.13. The minimum absolute atomic E-state index is 0.0555. The van der Waals surface area contributed by atoms with Crippen LogP contribution in [0.2, 0.25) is 0 Å². The molecule has 7 heteroatoms. The minimum Gasteiger partial charge on any atom is -0.396 e. The van der Waals surface area contributed by atoms with Gasteiger partial charge in [0.1, 0.15) is 0 Å². The highest BCUT2D eigenvalue weighted by Gasteiger charge is 2.39. The third-order valence-electron chi connectivity index (χ3n) is 3.12. The van der Waals surface area contributed by atoms with Crippen molar-refractivity contribution >= 4 is 23.4 Å². The Morgan fingerprint density at radius 3 is 2.30 bits per heavy atom. The number of benzene rings is 1. The van der Waals surface area contributed by atoms with Gasteiger partial charge in [0.05, 0.1) is 23.6 Å². The van der Waals surface area contributed by atoms with Crippen molar-refractivity contribution in [2.75, 3.05) is 18.0 Å². The third kappa shape index (κ3) is 4.36. The summed E-state index contributed by atoms with van der Waals surface area (Å²) in [5.74, 6) is -1.21. The van der Waals surface area contributed by atoms with E-state index < -0.39 is 24.6 Å². The van der Waals surface area contributed by atoms with E-state index in [1.807, 2.05) is 18.2 Å². The predicted octanol–water partition coefficient (Wildman–Crippen LogP) is 1.01. The number of thiocarbonyl (C=S) groups is 1. The maximum Gasteiger partial charge on any atom is 0.245 e. The van der Waals surface area contributed by atoms with E-state index in [1.54, 1.807) is 17.0 Å². The van der Waals surface area contributed by atoms with Crippen molar-refractivity contribution in [2.45, 2.75) is 18.6 Å². The molecule has 1 aliphatic rings. The molecule has 0 aliphatic carbocycles. The Morgan fingerprint density at radius 2 is 1.80 bits per heavy atom. The van der Waals surface area contributed by atoms with Gasteiger partial charge in [-0.15, -0.1) is 0 Å². The molecule has 1 aliphatic heterocycles. The summed E-state index contributed by atoms with van der Waals surface area (Å²) in [6.07, 6.45) is -5.12. The second kappa shape index (κ2) is 8.08. The Morgan fingerprint density at radius 1 is 1.25 bits per heavy atom. The Labute approximate surface area is 121 Å². The van der Waals surface area contributed by atoms with Gasteiger partial charge in [-0.05, 0) is 12.1 Å². The van der Waals surface area contributed by atoms with Crippen LogP contribution in [0.25, 0.3) is 0 Å². The number of aliphatic hydroxyl groups excluding tert-OH is 2. The van der Waals surface area contributed by atoms with Gasteiger partial charge in [0.2, 0.25) is 6.43 Å². The highest BCUT2D eigenvalue weighted by molar-refractivity contribution is 7.78. The lowest BCUT2D eigenvalue weighted by Crippen LogP contribution is -2.54. The van der Waals surface area contributed by atoms with Crippen molar-refractivity contribution in [1.82, 2.24) is 0 Å². The SMILES string of the molecule is NC=S.O[C@H]1[C@H](O)CN(c2ccccc2)C[C@@H]1C(F)F. The van der Waals surface area contributed by atoms with Gasteiger partial charge in [-0.25, -0.2) is 8.78 Å². The first-order valence-electron chi connectivity index (χ1n) is 6.11. The summed E-state index contributed by atoms with van der Waals surface area (Å²) in [6.45, 7) is 0.230. The fourth-order valence-corrected chi connectivity index (χ4v) is 2.13. The van der Waals surface area contributed by atoms with Gasteiger partial charge >= 0.3 is 0 Å². The van der Waals surface area contributed by atoms with E-state index in [1.165, 1.54) is 0 Å². The summed E-state index contributed by atoms with van der Waals surface area (Å²) >= 11 is 4.05. The van der Waals surface area contributed by atoms with Gasteiger partial charge < -0.3 is 20.8 Å². The molecule has 2 rings (SSSR count). The highest BCUT2D eigenvalue weighted by atomic mass is 32.1. The number of nitrogens with zero attached hydrogens (tertiary/aromatic N) is 1. The molecule has 4 nitrogen and oxygen atoms in total. The maximum atomic E-state index is 12.7. The van der Waals surface area contributed by atoms with Crippen molar-refractivity contribution in [3.8, 4) is 0 Å². The normalized spacial score (nSPS) is 25.9. The van der Waals surface area contributed by atoms with Crippen molar-refractivity contribution < 1.29 is 19.0 Å². The fraction of sp³-hybridized carbons (Fsp3) is 0.462. The van der Waals surface area contributed by atoms with Gasteiger partial charge in [-0.2, -0.15) is 0 Å². The summed E-state index contributed by atoms with van der Waals surface area (Å²) in [4.78, 5) is 1.67. The van der Waals surface area contributed by atoms with E-state index in [0.717, 1.165) is 11.2 Å². The molecule has 0 aromatic heterocycles. The molecule has 0 unspecified atom stereocenters. The molecule has 1 heterocycles. The third-order valence-corrected chi connectivity index (χ3v) is 3.12. The van der Waals surface area contributed by atoms with Crippen molar-refractivity contribution in [3.63, 3.8) is 0 Å². The average Bonchev–Trinajstić information content (AvgIpc) is 2.43. The molecule has 20 heavy (non-hydrogen) atoms. The number of aliphatic hydroxyl groups is 2. The number of alkyl halides is 2. The van der Waals surface area contributed by atoms with Gasteiger partial charge in [0.15, 0.2) is 0 Å². The van der Waals surface area contributed by atoms with Crippen LogP contribution >= 0.6 is 12.2 Å². The van der Waals surface area contributed by atoms with E-state index in [9.17, 15) is 19.0 Å². The zero-order valence-electron chi connectivity index (χ0n) is 10.8. The summed E-state index contributed by atoms with van der Waals surface area (Å²) in [5.41, 5.74) is 6.40. The molecule has 4 N–H and O–H groups in total. The zero-order chi connectivity index (χ0) is 15.1. The summed E-state index contributed by atoms with van der Waals surface area (Å²) in [5, 5.41) is 19.1. The predicted molar refractivity (Wildman–Crippen MR) is 78.0 cm³/mol. The van der Waals surface area contributed by atoms with Crippen molar-refractivity contribution in [3.05, 3.63) is 30.3 Å². The number of nitrogens with two attached hydrogens (primary N) is 1. The number of anilines is 1. The number of β-amino-alcohol motifs (C(OH)–C–C–N with tert-alkyl or cyclic N) is 1. The first-order chi connectivity index (χ1) is 9.51. The lowest BCUT2D eigenvalue weighted by molar-refractivity contribution is -0.0770. The monoisotopic (exact) mass is 304 g/mol. The standard InChI is InChI=1S/C12H15F2NO2.CH3NS/c13-12(14)9-6-15(7-10(16)11(9)17)8-4-2-1-3-5-8;2-1-3/h1-5,9-12,16-17H,6-7H2;1H,(H2,2,3)/t9-,10+,11+;/m0./s1. The van der Waals surface area contributed by atoms with Crippen LogP contribution in [-0.2, 0) is 0 Å². The van der Waals surface area contributed by atoms with Crippen LogP contribution in [-0.4, -0.2) is 47.4 Å². The summed E-state index contributed by atoms with van der Waals surface area (Å²) in [6, 6.07) is 9.05. The molecule has 0 spiro atoms. The molecule has 112 valence electrons. The molecule has 1 aromatic rings. The average molecular weight is 304 g/mol. The van der Waals surface area contributed by atoms with Gasteiger partial charge in [-0.1, -0.05) is 30.4 Å². The zero-order valence-corrected chi connectivity index (χ0v) is 11.6. The van der Waals surface area contributed by atoms with Gasteiger partial charge in [0.25, 0.3) is 0 Å². The van der Waals surface area contributed by atoms with Crippen LogP contribution in [0, 0.1) is 5.92 Å². The second-order valence-electron chi connectivity index (χ2n) is 4.43. The molecule has 1 saturated heterocycles. The van der Waals surface area contributed by atoms with Gasteiger partial charge in [-0.3, -0.25) is 0 Å². The number of halogens is 2. The van der Waals surface area contributed by atoms with E-state index in [4.69, 9.17) is 0 Å². The maximum absolute atomic E-state index is 12.7. The van der Waals surface area contributed by atoms with Crippen LogP contribution in [0.1, 0.15) is 0 Å². The summed E-state index contributed by atoms with van der Waals surface area (Å²) < 4.78 is 25.5. The highest BCUT2D eigenvalue weighted by Crippen LogP contribution is 2.27. The number of hydrogen-bond donors (Lipinski definition) is 3. The molecule has 0 radical (unpaired) electrons. The smallest absolute Gasteiger partial charge is 0.245 e. The van der Waals surface area contributed by atoms with E-state index in [2.05, 4.69) is 18.0 Å². The lowest BCUT2D eigenvalue weighted by Gasteiger charge is -2.40. The molecular weight excluding hydrogens is 286 g/mol. The number of para-hydroxylation sites is 1. The topological polar surface area (TPSA) is 69.7 Å². The molecular formula is C13H18F2N2O2S. The van der Waals surface area contributed by atoms with Crippen LogP contribution < -0.4 is 10.6 Å². The van der Waals surface area contributed by atoms with E-state index >= 15 is 0 Å².